The normalized spacial score (nSPS) is 13.6. The molecule has 0 spiro atoms. The molecule has 1 amide bonds. The van der Waals surface area contributed by atoms with Gasteiger partial charge in [0.15, 0.2) is 0 Å². The first-order valence-corrected chi connectivity index (χ1v) is 10.8. The monoisotopic (exact) mass is 423 g/mol. The predicted octanol–water partition coefficient (Wildman–Crippen LogP) is 5.29. The molecular weight excluding hydrogens is 390 g/mol. The second-order valence-corrected chi connectivity index (χ2v) is 9.33. The fraction of sp³-hybridized carbons (Fsp3) is 0.462. The lowest BCUT2D eigenvalue weighted by atomic mass is 9.81. The Morgan fingerprint density at radius 1 is 1.00 bits per heavy atom. The van der Waals surface area contributed by atoms with Crippen LogP contribution in [0.2, 0.25) is 0 Å². The molecule has 0 aliphatic carbocycles. The van der Waals surface area contributed by atoms with Crippen molar-refractivity contribution in [2.45, 2.75) is 66.5 Å². The van der Waals surface area contributed by atoms with Gasteiger partial charge >= 0.3 is 12.1 Å². The van der Waals surface area contributed by atoms with Gasteiger partial charge < -0.3 is 14.4 Å². The Hall–Kier alpha value is -2.82. The van der Waals surface area contributed by atoms with E-state index in [9.17, 15) is 9.59 Å². The molecule has 1 aliphatic rings. The number of rotatable bonds is 3. The minimum absolute atomic E-state index is 0.200. The first-order chi connectivity index (χ1) is 14.5. The van der Waals surface area contributed by atoms with E-state index in [1.54, 1.807) is 4.90 Å². The van der Waals surface area contributed by atoms with Gasteiger partial charge in [0.25, 0.3) is 0 Å². The predicted molar refractivity (Wildman–Crippen MR) is 122 cm³/mol. The van der Waals surface area contributed by atoms with Gasteiger partial charge in [0.1, 0.15) is 5.60 Å². The Balaban J connectivity index is 2.10. The van der Waals surface area contributed by atoms with Crippen LogP contribution in [0.1, 0.15) is 54.2 Å². The third-order valence-corrected chi connectivity index (χ3v) is 5.92. The minimum Gasteiger partial charge on any atom is -0.469 e. The highest BCUT2D eigenvalue weighted by Gasteiger charge is 2.30. The van der Waals surface area contributed by atoms with E-state index in [0.29, 0.717) is 13.1 Å². The first-order valence-electron chi connectivity index (χ1n) is 10.8. The minimum atomic E-state index is -0.534. The summed E-state index contributed by atoms with van der Waals surface area (Å²) in [5, 5.41) is 0. The summed E-state index contributed by atoms with van der Waals surface area (Å²) in [4.78, 5) is 26.7. The number of aryl methyl sites for hydroxylation is 1. The molecule has 0 saturated carbocycles. The molecule has 0 N–H and O–H groups in total. The van der Waals surface area contributed by atoms with Gasteiger partial charge in [-0.15, -0.1) is 0 Å². The van der Waals surface area contributed by atoms with Gasteiger partial charge in [0.2, 0.25) is 0 Å². The number of ether oxygens (including phenoxy) is 2. The summed E-state index contributed by atoms with van der Waals surface area (Å²) >= 11 is 0. The fourth-order valence-corrected chi connectivity index (χ4v) is 4.30. The van der Waals surface area contributed by atoms with Crippen LogP contribution < -0.4 is 0 Å². The molecule has 0 aromatic heterocycles. The van der Waals surface area contributed by atoms with Crippen molar-refractivity contribution in [3.8, 4) is 11.1 Å². The van der Waals surface area contributed by atoms with Gasteiger partial charge in [0, 0.05) is 13.1 Å². The third-order valence-electron chi connectivity index (χ3n) is 5.92. The van der Waals surface area contributed by atoms with E-state index in [1.807, 2.05) is 27.7 Å². The Kier molecular flexibility index (Phi) is 6.44. The highest BCUT2D eigenvalue weighted by Crippen LogP contribution is 2.38. The van der Waals surface area contributed by atoms with Gasteiger partial charge in [-0.3, -0.25) is 4.79 Å². The molecule has 0 atom stereocenters. The molecule has 0 unspecified atom stereocenters. The smallest absolute Gasteiger partial charge is 0.410 e. The summed E-state index contributed by atoms with van der Waals surface area (Å²) in [5.74, 6) is -0.268. The van der Waals surface area contributed by atoms with E-state index in [4.69, 9.17) is 9.47 Å². The van der Waals surface area contributed by atoms with E-state index in [2.05, 4.69) is 38.1 Å². The average Bonchev–Trinajstić information content (AvgIpc) is 2.71. The Morgan fingerprint density at radius 2 is 1.65 bits per heavy atom. The molecule has 3 rings (SSSR count). The van der Waals surface area contributed by atoms with Gasteiger partial charge in [-0.05, 0) is 86.9 Å². The molecule has 31 heavy (non-hydrogen) atoms. The summed E-state index contributed by atoms with van der Waals surface area (Å²) in [6.07, 6.45) is 0.664. The molecule has 5 nitrogen and oxygen atoms in total. The van der Waals surface area contributed by atoms with Gasteiger partial charge in [-0.25, -0.2) is 4.79 Å². The molecule has 0 fully saturated rings. The lowest BCUT2D eigenvalue weighted by Crippen LogP contribution is -2.40. The maximum atomic E-state index is 12.7. The largest absolute Gasteiger partial charge is 0.469 e. The lowest BCUT2D eigenvalue weighted by Gasteiger charge is -2.34. The number of hydrogen-bond donors (Lipinski definition) is 0. The van der Waals surface area contributed by atoms with Gasteiger partial charge in [-0.2, -0.15) is 0 Å². The number of methoxy groups -OCH3 is 1. The van der Waals surface area contributed by atoms with Crippen molar-refractivity contribution < 1.29 is 19.1 Å². The number of esters is 1. The Morgan fingerprint density at radius 3 is 2.23 bits per heavy atom. The molecular formula is C26H33NO4. The maximum Gasteiger partial charge on any atom is 0.410 e. The zero-order valence-corrected chi connectivity index (χ0v) is 19.7. The molecule has 0 saturated heterocycles. The van der Waals surface area contributed by atoms with Crippen LogP contribution in [0.5, 0.6) is 0 Å². The van der Waals surface area contributed by atoms with Crippen LogP contribution in [0.25, 0.3) is 11.1 Å². The summed E-state index contributed by atoms with van der Waals surface area (Å²) in [7, 11) is 1.42. The van der Waals surface area contributed by atoms with Crippen LogP contribution in [0, 0.1) is 20.8 Å². The van der Waals surface area contributed by atoms with Crippen molar-refractivity contribution in [2.24, 2.45) is 0 Å². The summed E-state index contributed by atoms with van der Waals surface area (Å²) in [6, 6.07) is 8.41. The van der Waals surface area contributed by atoms with E-state index >= 15 is 0 Å². The first kappa shape index (κ1) is 22.9. The molecule has 166 valence electrons. The second-order valence-electron chi connectivity index (χ2n) is 9.33. The van der Waals surface area contributed by atoms with Gasteiger partial charge in [0.05, 0.1) is 13.5 Å². The number of carbonyl (C=O) groups is 2. The third kappa shape index (κ3) is 4.92. The standard InChI is InChI=1S/C26H33NO4/c1-16-8-10-19(11-9-16)24-18(3)20-12-13-27(25(29)31-26(4,5)6)15-22(20)17(2)21(24)14-23(28)30-7/h8-11H,12-15H2,1-7H3. The molecule has 0 bridgehead atoms. The number of nitrogens with zero attached hydrogens (tertiary/aromatic N) is 1. The maximum absolute atomic E-state index is 12.7. The molecule has 5 heteroatoms. The Labute approximate surface area is 185 Å². The van der Waals surface area contributed by atoms with Crippen molar-refractivity contribution in [3.63, 3.8) is 0 Å². The quantitative estimate of drug-likeness (QED) is 0.630. The van der Waals surface area contributed by atoms with Crippen LogP contribution in [0.4, 0.5) is 4.79 Å². The number of fused-ring (bicyclic) bond motifs is 1. The van der Waals surface area contributed by atoms with E-state index in [1.165, 1.54) is 23.8 Å². The molecule has 1 heterocycles. The van der Waals surface area contributed by atoms with Crippen LogP contribution in [0.3, 0.4) is 0 Å². The lowest BCUT2D eigenvalue weighted by molar-refractivity contribution is -0.139. The second kappa shape index (κ2) is 8.74. The van der Waals surface area contributed by atoms with E-state index < -0.39 is 5.60 Å². The van der Waals surface area contributed by atoms with Crippen LogP contribution in [-0.4, -0.2) is 36.2 Å². The highest BCUT2D eigenvalue weighted by molar-refractivity contribution is 5.82. The SMILES string of the molecule is COC(=O)Cc1c(C)c2c(c(C)c1-c1ccc(C)cc1)CCN(C(=O)OC(C)(C)C)C2. The number of carbonyl (C=O) groups excluding carboxylic acids is 2. The molecule has 1 aliphatic heterocycles. The fourth-order valence-electron chi connectivity index (χ4n) is 4.30. The highest BCUT2D eigenvalue weighted by atomic mass is 16.6. The van der Waals surface area contributed by atoms with Crippen molar-refractivity contribution in [3.05, 3.63) is 57.6 Å². The number of benzene rings is 2. The van der Waals surface area contributed by atoms with Crippen molar-refractivity contribution in [2.75, 3.05) is 13.7 Å². The average molecular weight is 424 g/mol. The van der Waals surface area contributed by atoms with Crippen LogP contribution in [-0.2, 0) is 33.7 Å². The zero-order chi connectivity index (χ0) is 22.9. The molecule has 2 aromatic carbocycles. The number of amides is 1. The summed E-state index contributed by atoms with van der Waals surface area (Å²) in [6.45, 7) is 13.0. The van der Waals surface area contributed by atoms with Crippen molar-refractivity contribution in [1.29, 1.82) is 0 Å². The summed E-state index contributed by atoms with van der Waals surface area (Å²) < 4.78 is 10.6. The van der Waals surface area contributed by atoms with E-state index in [0.717, 1.165) is 34.2 Å². The van der Waals surface area contributed by atoms with Crippen molar-refractivity contribution >= 4 is 12.1 Å². The zero-order valence-electron chi connectivity index (χ0n) is 19.7. The van der Waals surface area contributed by atoms with Gasteiger partial charge in [-0.1, -0.05) is 29.8 Å². The van der Waals surface area contributed by atoms with Crippen LogP contribution >= 0.6 is 0 Å². The summed E-state index contributed by atoms with van der Waals surface area (Å²) in [5.41, 5.74) is 8.44. The molecule has 2 aromatic rings. The van der Waals surface area contributed by atoms with Crippen LogP contribution in [0.15, 0.2) is 24.3 Å². The van der Waals surface area contributed by atoms with E-state index in [-0.39, 0.29) is 18.5 Å². The topological polar surface area (TPSA) is 55.8 Å². The van der Waals surface area contributed by atoms with Crippen molar-refractivity contribution in [1.82, 2.24) is 4.90 Å². The Bertz CT molecular complexity index is 1000. The molecule has 0 radical (unpaired) electrons. The number of hydrogen-bond acceptors (Lipinski definition) is 4.